The van der Waals surface area contributed by atoms with Gasteiger partial charge in [-0.2, -0.15) is 13.2 Å². The Balaban J connectivity index is 0.941. The highest BCUT2D eigenvalue weighted by atomic mass is 19.4. The molecule has 0 aliphatic carbocycles. The minimum Gasteiger partial charge on any atom is -0.494 e. The molecular formula is C41H46F3N9O4. The molecule has 0 bridgehead atoms. The van der Waals surface area contributed by atoms with Crippen LogP contribution in [-0.2, 0) is 17.5 Å². The van der Waals surface area contributed by atoms with Gasteiger partial charge in [-0.25, -0.2) is 9.78 Å². The van der Waals surface area contributed by atoms with Gasteiger partial charge in [-0.05, 0) is 54.8 Å². The fraction of sp³-hybridized carbons (Fsp3) is 0.366. The summed E-state index contributed by atoms with van der Waals surface area (Å²) in [6.07, 6.45) is -1.61. The third-order valence-electron chi connectivity index (χ3n) is 10.8. The Morgan fingerprint density at radius 1 is 0.860 bits per heavy atom. The lowest BCUT2D eigenvalue weighted by Crippen LogP contribution is -2.53. The van der Waals surface area contributed by atoms with Crippen molar-refractivity contribution in [3.63, 3.8) is 0 Å². The van der Waals surface area contributed by atoms with Gasteiger partial charge in [-0.15, -0.1) is 0 Å². The summed E-state index contributed by atoms with van der Waals surface area (Å²) in [4.78, 5) is 49.3. The zero-order chi connectivity index (χ0) is 40.1. The van der Waals surface area contributed by atoms with Crippen LogP contribution in [0.1, 0.15) is 40.7 Å². The minimum atomic E-state index is -4.69. The van der Waals surface area contributed by atoms with E-state index in [-0.39, 0.29) is 34.7 Å². The normalized spacial score (nSPS) is 17.3. The third-order valence-corrected chi connectivity index (χ3v) is 10.8. The third kappa shape index (κ3) is 9.24. The lowest BCUT2D eigenvalue weighted by molar-refractivity contribution is -0.137. The van der Waals surface area contributed by atoms with E-state index >= 15 is 0 Å². The van der Waals surface area contributed by atoms with E-state index in [0.29, 0.717) is 30.4 Å². The van der Waals surface area contributed by atoms with Gasteiger partial charge in [-0.1, -0.05) is 24.3 Å². The van der Waals surface area contributed by atoms with E-state index in [1.54, 1.807) is 30.2 Å². The van der Waals surface area contributed by atoms with Crippen LogP contribution in [0, 0.1) is 0 Å². The number of rotatable bonds is 11. The van der Waals surface area contributed by atoms with Crippen molar-refractivity contribution in [2.24, 2.45) is 0 Å². The summed E-state index contributed by atoms with van der Waals surface area (Å²) in [5.41, 5.74) is 2.65. The van der Waals surface area contributed by atoms with E-state index in [2.05, 4.69) is 47.0 Å². The number of methoxy groups -OCH3 is 1. The summed E-state index contributed by atoms with van der Waals surface area (Å²) < 4.78 is 47.9. The number of alkyl halides is 3. The van der Waals surface area contributed by atoms with Crippen LogP contribution in [0.3, 0.4) is 0 Å². The first-order chi connectivity index (χ1) is 27.5. The lowest BCUT2D eigenvalue weighted by Gasteiger charge is -2.43. The quantitative estimate of drug-likeness (QED) is 0.140. The smallest absolute Gasteiger partial charge is 0.419 e. The number of carbonyl (C=O) groups is 3. The van der Waals surface area contributed by atoms with E-state index in [1.807, 2.05) is 36.4 Å². The molecule has 57 heavy (non-hydrogen) atoms. The molecule has 4 N–H and O–H groups in total. The zero-order valence-corrected chi connectivity index (χ0v) is 31.9. The molecule has 300 valence electrons. The molecule has 0 atom stereocenters. The van der Waals surface area contributed by atoms with Gasteiger partial charge in [0.15, 0.2) is 0 Å². The first-order valence-corrected chi connectivity index (χ1v) is 19.0. The number of piperazine rings is 1. The number of imide groups is 1. The average Bonchev–Trinajstić information content (AvgIpc) is 3.21. The van der Waals surface area contributed by atoms with Gasteiger partial charge in [0.1, 0.15) is 11.6 Å². The molecule has 0 spiro atoms. The second kappa shape index (κ2) is 17.1. The molecule has 4 heterocycles. The number of hydrogen-bond donors (Lipinski definition) is 4. The van der Waals surface area contributed by atoms with Gasteiger partial charge in [-0.3, -0.25) is 29.6 Å². The molecule has 0 unspecified atom stereocenters. The maximum absolute atomic E-state index is 14.0. The molecule has 3 aliphatic heterocycles. The van der Waals surface area contributed by atoms with Crippen LogP contribution in [-0.4, -0.2) is 98.6 Å². The number of nitrogens with zero attached hydrogens (tertiary/aromatic N) is 5. The number of carbonyl (C=O) groups excluding carboxylic acids is 3. The Morgan fingerprint density at radius 2 is 1.63 bits per heavy atom. The van der Waals surface area contributed by atoms with Crippen molar-refractivity contribution in [3.8, 4) is 5.75 Å². The second-order valence-corrected chi connectivity index (χ2v) is 14.3. The number of hydrogen-bond acceptors (Lipinski definition) is 10. The number of amides is 4. The maximum Gasteiger partial charge on any atom is 0.419 e. The van der Waals surface area contributed by atoms with Crippen molar-refractivity contribution in [2.75, 3.05) is 80.4 Å². The van der Waals surface area contributed by atoms with Crippen LogP contribution >= 0.6 is 0 Å². The topological polar surface area (TPSA) is 134 Å². The molecule has 4 amide bonds. The van der Waals surface area contributed by atoms with Crippen LogP contribution in [0.15, 0.2) is 79.0 Å². The first kappa shape index (κ1) is 39.4. The summed E-state index contributed by atoms with van der Waals surface area (Å²) in [6.45, 7) is 6.77. The Hall–Kier alpha value is -5.87. The molecule has 13 nitrogen and oxygen atoms in total. The number of urea groups is 1. The van der Waals surface area contributed by atoms with Crippen molar-refractivity contribution in [2.45, 2.75) is 38.0 Å². The highest BCUT2D eigenvalue weighted by molar-refractivity contribution is 6.05. The summed E-state index contributed by atoms with van der Waals surface area (Å²) in [6, 6.07) is 21.4. The first-order valence-electron chi connectivity index (χ1n) is 19.0. The van der Waals surface area contributed by atoms with E-state index in [0.717, 1.165) is 81.8 Å². The van der Waals surface area contributed by atoms with E-state index in [9.17, 15) is 27.6 Å². The van der Waals surface area contributed by atoms with Crippen molar-refractivity contribution in [1.82, 2.24) is 25.4 Å². The monoisotopic (exact) mass is 785 g/mol. The van der Waals surface area contributed by atoms with Gasteiger partial charge < -0.3 is 25.6 Å². The van der Waals surface area contributed by atoms with Gasteiger partial charge in [0.25, 0.3) is 5.91 Å². The van der Waals surface area contributed by atoms with Gasteiger partial charge >= 0.3 is 12.2 Å². The number of aromatic nitrogens is 1. The number of halogens is 3. The number of pyridine rings is 1. The van der Waals surface area contributed by atoms with Crippen LogP contribution < -0.4 is 35.8 Å². The lowest BCUT2D eigenvalue weighted by atomic mass is 10.0. The molecule has 3 saturated heterocycles. The fourth-order valence-corrected chi connectivity index (χ4v) is 7.71. The van der Waals surface area contributed by atoms with Crippen LogP contribution in [0.5, 0.6) is 5.75 Å². The van der Waals surface area contributed by atoms with Gasteiger partial charge in [0.05, 0.1) is 35.3 Å². The molecular weight excluding hydrogens is 740 g/mol. The fourth-order valence-electron chi connectivity index (χ4n) is 7.71. The predicted molar refractivity (Wildman–Crippen MR) is 213 cm³/mol. The van der Waals surface area contributed by atoms with Gasteiger partial charge in [0, 0.05) is 102 Å². The second-order valence-electron chi connectivity index (χ2n) is 14.3. The molecule has 0 radical (unpaired) electrons. The highest BCUT2D eigenvalue weighted by Gasteiger charge is 2.35. The molecule has 1 aromatic heterocycles. The maximum atomic E-state index is 14.0. The number of piperidine rings is 1. The summed E-state index contributed by atoms with van der Waals surface area (Å²) in [5.74, 6) is 0.00226. The van der Waals surface area contributed by atoms with Crippen LogP contribution in [0.25, 0.3) is 0 Å². The molecule has 4 aromatic rings. The largest absolute Gasteiger partial charge is 0.494 e. The summed E-state index contributed by atoms with van der Waals surface area (Å²) >= 11 is 0. The SMILES string of the molecule is CNC(=O)c1ccccc1Nc1cc(Nc2ccc(N3CCC(N4CCN(Cc5cccc(N6CCC(=O)NC6=O)c5)CC4)CC3)cc2OC)ncc1C(F)(F)F. The van der Waals surface area contributed by atoms with Crippen LogP contribution in [0.4, 0.5) is 52.2 Å². The number of para-hydroxylation sites is 1. The van der Waals surface area contributed by atoms with Crippen molar-refractivity contribution in [1.29, 1.82) is 0 Å². The van der Waals surface area contributed by atoms with Crippen molar-refractivity contribution < 1.29 is 32.3 Å². The van der Waals surface area contributed by atoms with Crippen molar-refractivity contribution >= 4 is 52.1 Å². The minimum absolute atomic E-state index is 0.161. The molecule has 0 saturated carbocycles. The predicted octanol–water partition coefficient (Wildman–Crippen LogP) is 6.19. The number of benzene rings is 3. The Morgan fingerprint density at radius 3 is 2.35 bits per heavy atom. The molecule has 7 rings (SSSR count). The Bertz CT molecular complexity index is 2100. The van der Waals surface area contributed by atoms with Crippen LogP contribution in [0.2, 0.25) is 0 Å². The summed E-state index contributed by atoms with van der Waals surface area (Å²) in [5, 5.41) is 10.8. The van der Waals surface area contributed by atoms with E-state index in [4.69, 9.17) is 4.74 Å². The Kier molecular flexibility index (Phi) is 11.8. The summed E-state index contributed by atoms with van der Waals surface area (Å²) in [7, 11) is 3.00. The molecule has 3 aliphatic rings. The molecule has 3 aromatic carbocycles. The highest BCUT2D eigenvalue weighted by Crippen LogP contribution is 2.39. The van der Waals surface area contributed by atoms with E-state index in [1.165, 1.54) is 19.2 Å². The number of ether oxygens (including phenoxy) is 1. The van der Waals surface area contributed by atoms with E-state index < -0.39 is 17.6 Å². The molecule has 16 heteroatoms. The average molecular weight is 786 g/mol. The molecule has 3 fully saturated rings. The zero-order valence-electron chi connectivity index (χ0n) is 31.9. The number of anilines is 6. The number of nitrogens with one attached hydrogen (secondary N) is 4. The van der Waals surface area contributed by atoms with Gasteiger partial charge in [0.2, 0.25) is 5.91 Å². The Labute approximate surface area is 329 Å². The standard InChI is InChI=1S/C41H46F3N9O4/c1-45-39(55)31-8-3-4-9-33(31)47-35-24-37(46-25-32(35)41(42,43)44)48-34-11-10-29(23-36(34)57-2)51-15-12-28(13-16-51)52-20-18-50(19-21-52)26-27-6-5-7-30(22-27)53-17-14-38(54)49-40(53)56/h3-11,22-25,28H,12-21,26H2,1-2H3,(H,45,55)(H2,46,47,48)(H,49,54,56). The van der Waals surface area contributed by atoms with Crippen molar-refractivity contribution in [3.05, 3.63) is 95.7 Å².